The minimum Gasteiger partial charge on any atom is -0.480 e. The molecule has 8 heteroatoms. The highest BCUT2D eigenvalue weighted by Crippen LogP contribution is 2.34. The van der Waals surface area contributed by atoms with E-state index in [4.69, 9.17) is 10.8 Å². The summed E-state index contributed by atoms with van der Waals surface area (Å²) in [6.45, 7) is 2.46. The standard InChI is InChI=1S/C16H29N3O5/c1-2-7-16(15(23)24)8-5-10-19(16)14(22)12(6-3-4-9-17)18-11-13(20)21/h12,18H,2-11,17H2,1H3,(H,20,21)(H,23,24)/t12-,16-/m0/s1. The summed E-state index contributed by atoms with van der Waals surface area (Å²) >= 11 is 0. The molecule has 0 saturated carbocycles. The molecule has 0 bridgehead atoms. The number of amides is 1. The van der Waals surface area contributed by atoms with Crippen LogP contribution >= 0.6 is 0 Å². The molecular formula is C16H29N3O5. The van der Waals surface area contributed by atoms with Crippen LogP contribution in [-0.4, -0.2) is 64.2 Å². The van der Waals surface area contributed by atoms with E-state index in [0.29, 0.717) is 51.6 Å². The van der Waals surface area contributed by atoms with Gasteiger partial charge in [0.2, 0.25) is 5.91 Å². The van der Waals surface area contributed by atoms with Crippen LogP contribution in [0.3, 0.4) is 0 Å². The second-order valence-electron chi connectivity index (χ2n) is 6.29. The van der Waals surface area contributed by atoms with Crippen LogP contribution in [0.15, 0.2) is 0 Å². The number of nitrogens with one attached hydrogen (secondary N) is 1. The second-order valence-corrected chi connectivity index (χ2v) is 6.29. The number of hydrogen-bond donors (Lipinski definition) is 4. The molecule has 5 N–H and O–H groups in total. The van der Waals surface area contributed by atoms with Gasteiger partial charge in [-0.2, -0.15) is 0 Å². The highest BCUT2D eigenvalue weighted by Gasteiger charge is 2.50. The minimum atomic E-state index is -1.16. The molecule has 0 unspecified atom stereocenters. The molecular weight excluding hydrogens is 314 g/mol. The van der Waals surface area contributed by atoms with Crippen molar-refractivity contribution in [1.82, 2.24) is 10.2 Å². The minimum absolute atomic E-state index is 0.318. The average molecular weight is 343 g/mol. The van der Waals surface area contributed by atoms with Gasteiger partial charge in [0.05, 0.1) is 12.6 Å². The summed E-state index contributed by atoms with van der Waals surface area (Å²) in [5, 5.41) is 21.3. The first-order chi connectivity index (χ1) is 11.4. The van der Waals surface area contributed by atoms with Crippen LogP contribution in [0.2, 0.25) is 0 Å². The molecule has 1 rings (SSSR count). The van der Waals surface area contributed by atoms with Gasteiger partial charge in [-0.25, -0.2) is 4.79 Å². The summed E-state index contributed by atoms with van der Waals surface area (Å²) in [6.07, 6.45) is 4.02. The van der Waals surface area contributed by atoms with E-state index in [1.807, 2.05) is 6.92 Å². The largest absolute Gasteiger partial charge is 0.480 e. The number of likely N-dealkylation sites (tertiary alicyclic amines) is 1. The van der Waals surface area contributed by atoms with Crippen LogP contribution in [0, 0.1) is 0 Å². The third-order valence-electron chi connectivity index (χ3n) is 4.56. The van der Waals surface area contributed by atoms with Gasteiger partial charge >= 0.3 is 11.9 Å². The highest BCUT2D eigenvalue weighted by molar-refractivity contribution is 5.90. The topological polar surface area (TPSA) is 133 Å². The third kappa shape index (κ3) is 4.91. The Balaban J connectivity index is 2.92. The molecule has 1 fully saturated rings. The van der Waals surface area contributed by atoms with Crippen molar-refractivity contribution in [2.45, 2.75) is 63.5 Å². The molecule has 1 heterocycles. The van der Waals surface area contributed by atoms with E-state index in [-0.39, 0.29) is 12.5 Å². The predicted molar refractivity (Wildman–Crippen MR) is 88.6 cm³/mol. The zero-order valence-corrected chi connectivity index (χ0v) is 14.3. The smallest absolute Gasteiger partial charge is 0.329 e. The number of hydrogen-bond acceptors (Lipinski definition) is 5. The van der Waals surface area contributed by atoms with Gasteiger partial charge in [0.25, 0.3) is 0 Å². The summed E-state index contributed by atoms with van der Waals surface area (Å²) < 4.78 is 0. The quantitative estimate of drug-likeness (QED) is 0.399. The number of carbonyl (C=O) groups excluding carboxylic acids is 1. The number of nitrogens with two attached hydrogens (primary N) is 1. The SMILES string of the molecule is CCC[C@@]1(C(=O)O)CCCN1C(=O)[C@H](CCCCN)NCC(=O)O. The number of carboxylic acids is 2. The van der Waals surface area contributed by atoms with E-state index in [0.717, 1.165) is 6.42 Å². The van der Waals surface area contributed by atoms with Gasteiger partial charge in [0, 0.05) is 6.54 Å². The number of rotatable bonds is 11. The third-order valence-corrected chi connectivity index (χ3v) is 4.56. The van der Waals surface area contributed by atoms with Crippen molar-refractivity contribution >= 4 is 17.8 Å². The number of nitrogens with zero attached hydrogens (tertiary/aromatic N) is 1. The second kappa shape index (κ2) is 9.58. The van der Waals surface area contributed by atoms with Crippen LogP contribution in [0.4, 0.5) is 0 Å². The molecule has 2 atom stereocenters. The van der Waals surface area contributed by atoms with Gasteiger partial charge < -0.3 is 20.8 Å². The molecule has 0 radical (unpaired) electrons. The fraction of sp³-hybridized carbons (Fsp3) is 0.812. The maximum atomic E-state index is 12.9. The lowest BCUT2D eigenvalue weighted by atomic mass is 9.90. The van der Waals surface area contributed by atoms with Gasteiger partial charge in [-0.15, -0.1) is 0 Å². The molecule has 1 amide bonds. The van der Waals surface area contributed by atoms with Gasteiger partial charge in [-0.05, 0) is 38.6 Å². The first-order valence-corrected chi connectivity index (χ1v) is 8.59. The Hall–Kier alpha value is -1.67. The van der Waals surface area contributed by atoms with Crippen molar-refractivity contribution in [2.75, 3.05) is 19.6 Å². The number of unbranched alkanes of at least 4 members (excludes halogenated alkanes) is 1. The lowest BCUT2D eigenvalue weighted by Crippen LogP contribution is -2.58. The Morgan fingerprint density at radius 2 is 2.00 bits per heavy atom. The van der Waals surface area contributed by atoms with Crippen LogP contribution in [-0.2, 0) is 14.4 Å². The van der Waals surface area contributed by atoms with Crippen molar-refractivity contribution in [2.24, 2.45) is 5.73 Å². The molecule has 1 saturated heterocycles. The molecule has 1 aliphatic rings. The van der Waals surface area contributed by atoms with Crippen LogP contribution < -0.4 is 11.1 Å². The number of carboxylic acid groups (broad SMARTS) is 2. The lowest BCUT2D eigenvalue weighted by Gasteiger charge is -2.37. The number of aliphatic carboxylic acids is 2. The average Bonchev–Trinajstić information content (AvgIpc) is 2.95. The molecule has 8 nitrogen and oxygen atoms in total. The zero-order chi connectivity index (χ0) is 18.2. The van der Waals surface area contributed by atoms with Crippen molar-refractivity contribution in [3.05, 3.63) is 0 Å². The van der Waals surface area contributed by atoms with E-state index in [1.165, 1.54) is 4.90 Å². The van der Waals surface area contributed by atoms with Crippen LogP contribution in [0.1, 0.15) is 51.9 Å². The van der Waals surface area contributed by atoms with E-state index in [9.17, 15) is 19.5 Å². The van der Waals surface area contributed by atoms with E-state index < -0.39 is 23.5 Å². The fourth-order valence-electron chi connectivity index (χ4n) is 3.41. The van der Waals surface area contributed by atoms with Gasteiger partial charge in [-0.1, -0.05) is 19.8 Å². The van der Waals surface area contributed by atoms with Gasteiger partial charge in [-0.3, -0.25) is 14.9 Å². The van der Waals surface area contributed by atoms with Crippen molar-refractivity contribution < 1.29 is 24.6 Å². The molecule has 1 aliphatic heterocycles. The van der Waals surface area contributed by atoms with Crippen molar-refractivity contribution in [3.63, 3.8) is 0 Å². The van der Waals surface area contributed by atoms with Crippen LogP contribution in [0.5, 0.6) is 0 Å². The van der Waals surface area contributed by atoms with E-state index >= 15 is 0 Å². The molecule has 0 spiro atoms. The van der Waals surface area contributed by atoms with Gasteiger partial charge in [0.15, 0.2) is 0 Å². The van der Waals surface area contributed by atoms with Crippen molar-refractivity contribution in [1.29, 1.82) is 0 Å². The first kappa shape index (κ1) is 20.4. The summed E-state index contributed by atoms with van der Waals surface area (Å²) in [7, 11) is 0. The summed E-state index contributed by atoms with van der Waals surface area (Å²) in [6, 6.07) is -0.693. The monoisotopic (exact) mass is 343 g/mol. The highest BCUT2D eigenvalue weighted by atomic mass is 16.4. The fourth-order valence-corrected chi connectivity index (χ4v) is 3.41. The molecule has 0 aromatic carbocycles. The Morgan fingerprint density at radius 3 is 2.54 bits per heavy atom. The normalized spacial score (nSPS) is 21.7. The van der Waals surface area contributed by atoms with Crippen molar-refractivity contribution in [3.8, 4) is 0 Å². The number of carbonyl (C=O) groups is 3. The Kier molecular flexibility index (Phi) is 8.14. The first-order valence-electron chi connectivity index (χ1n) is 8.59. The molecule has 138 valence electrons. The Bertz CT molecular complexity index is 457. The Morgan fingerprint density at radius 1 is 1.29 bits per heavy atom. The Labute approximate surface area is 142 Å². The lowest BCUT2D eigenvalue weighted by molar-refractivity contribution is -0.158. The maximum absolute atomic E-state index is 12.9. The van der Waals surface area contributed by atoms with E-state index in [1.54, 1.807) is 0 Å². The summed E-state index contributed by atoms with van der Waals surface area (Å²) in [4.78, 5) is 37.0. The summed E-state index contributed by atoms with van der Waals surface area (Å²) in [5.41, 5.74) is 4.31. The molecule has 0 aromatic heterocycles. The molecule has 24 heavy (non-hydrogen) atoms. The molecule has 0 aromatic rings. The predicted octanol–water partition coefficient (Wildman–Crippen LogP) is 0.404. The van der Waals surface area contributed by atoms with Crippen LogP contribution in [0.25, 0.3) is 0 Å². The maximum Gasteiger partial charge on any atom is 0.329 e. The zero-order valence-electron chi connectivity index (χ0n) is 14.3. The molecule has 0 aliphatic carbocycles. The van der Waals surface area contributed by atoms with E-state index in [2.05, 4.69) is 5.32 Å². The summed E-state index contributed by atoms with van der Waals surface area (Å²) in [5.74, 6) is -2.35. The van der Waals surface area contributed by atoms with Gasteiger partial charge in [0.1, 0.15) is 5.54 Å².